The largest absolute Gasteiger partial charge is 0.460 e. The topological polar surface area (TPSA) is 50.1 Å². The lowest BCUT2D eigenvalue weighted by Gasteiger charge is -1.97. The van der Waals surface area contributed by atoms with Gasteiger partial charge in [-0.05, 0) is 11.4 Å². The number of carbonyl (C=O) groups is 1. The van der Waals surface area contributed by atoms with Gasteiger partial charge in [-0.1, -0.05) is 6.07 Å². The molecule has 0 aliphatic heterocycles. The summed E-state index contributed by atoms with van der Waals surface area (Å²) in [5.41, 5.74) is 0. The third kappa shape index (κ3) is 2.36. The molecule has 0 saturated carbocycles. The Hall–Kier alpha value is -1.34. The van der Waals surface area contributed by atoms with Crippen molar-refractivity contribution in [1.29, 1.82) is 5.26 Å². The van der Waals surface area contributed by atoms with E-state index in [1.54, 1.807) is 17.5 Å². The Kier molecular flexibility index (Phi) is 3.30. The van der Waals surface area contributed by atoms with E-state index < -0.39 is 0 Å². The molecule has 12 heavy (non-hydrogen) atoms. The predicted molar refractivity (Wildman–Crippen MR) is 44.8 cm³/mol. The molecule has 0 atom stereocenters. The molecule has 1 rings (SSSR count). The van der Waals surface area contributed by atoms with Gasteiger partial charge in [0.05, 0.1) is 12.5 Å². The van der Waals surface area contributed by atoms with Gasteiger partial charge in [0.1, 0.15) is 11.5 Å². The van der Waals surface area contributed by atoms with Gasteiger partial charge in [-0.2, -0.15) is 5.26 Å². The SMILES string of the molecule is N#CCCOC(=O)c1cccs1. The van der Waals surface area contributed by atoms with Crippen LogP contribution in [0.1, 0.15) is 16.1 Å². The first-order valence-electron chi connectivity index (χ1n) is 3.42. The summed E-state index contributed by atoms with van der Waals surface area (Å²) >= 11 is 1.33. The molecule has 0 N–H and O–H groups in total. The molecule has 62 valence electrons. The van der Waals surface area contributed by atoms with Crippen LogP contribution in [0.5, 0.6) is 0 Å². The number of rotatable bonds is 3. The van der Waals surface area contributed by atoms with Gasteiger partial charge in [-0.3, -0.25) is 0 Å². The van der Waals surface area contributed by atoms with Crippen LogP contribution in [-0.2, 0) is 4.74 Å². The van der Waals surface area contributed by atoms with Gasteiger partial charge < -0.3 is 4.74 Å². The van der Waals surface area contributed by atoms with Crippen LogP contribution in [0.25, 0.3) is 0 Å². The van der Waals surface area contributed by atoms with Crippen molar-refractivity contribution in [3.63, 3.8) is 0 Å². The first kappa shape index (κ1) is 8.75. The van der Waals surface area contributed by atoms with Crippen LogP contribution in [-0.4, -0.2) is 12.6 Å². The van der Waals surface area contributed by atoms with E-state index in [1.165, 1.54) is 11.3 Å². The van der Waals surface area contributed by atoms with Crippen LogP contribution < -0.4 is 0 Å². The van der Waals surface area contributed by atoms with Crippen LogP contribution in [0.2, 0.25) is 0 Å². The molecule has 0 saturated heterocycles. The summed E-state index contributed by atoms with van der Waals surface area (Å²) in [7, 11) is 0. The highest BCUT2D eigenvalue weighted by molar-refractivity contribution is 7.11. The monoisotopic (exact) mass is 181 g/mol. The van der Waals surface area contributed by atoms with Crippen molar-refractivity contribution in [3.8, 4) is 6.07 Å². The zero-order valence-corrected chi connectivity index (χ0v) is 7.13. The molecule has 3 nitrogen and oxygen atoms in total. The van der Waals surface area contributed by atoms with Gasteiger partial charge in [0.2, 0.25) is 0 Å². The van der Waals surface area contributed by atoms with Crippen molar-refractivity contribution in [2.24, 2.45) is 0 Å². The van der Waals surface area contributed by atoms with Gasteiger partial charge in [0, 0.05) is 0 Å². The van der Waals surface area contributed by atoms with Gasteiger partial charge in [0.25, 0.3) is 0 Å². The summed E-state index contributed by atoms with van der Waals surface area (Å²) < 4.78 is 4.78. The van der Waals surface area contributed by atoms with Crippen molar-refractivity contribution in [2.75, 3.05) is 6.61 Å². The fraction of sp³-hybridized carbons (Fsp3) is 0.250. The van der Waals surface area contributed by atoms with E-state index in [1.807, 2.05) is 6.07 Å². The minimum absolute atomic E-state index is 0.174. The molecule has 1 aromatic heterocycles. The second-order valence-electron chi connectivity index (χ2n) is 2.02. The zero-order valence-electron chi connectivity index (χ0n) is 6.32. The minimum atomic E-state index is -0.347. The number of nitriles is 1. The van der Waals surface area contributed by atoms with Crippen molar-refractivity contribution >= 4 is 17.3 Å². The summed E-state index contributed by atoms with van der Waals surface area (Å²) in [4.78, 5) is 11.6. The molecule has 0 aromatic carbocycles. The molecule has 0 radical (unpaired) electrons. The standard InChI is InChI=1S/C8H7NO2S/c9-4-2-5-11-8(10)7-3-1-6-12-7/h1,3,6H,2,5H2. The Morgan fingerprint density at radius 1 is 1.75 bits per heavy atom. The summed E-state index contributed by atoms with van der Waals surface area (Å²) in [6, 6.07) is 5.37. The molecule has 0 amide bonds. The van der Waals surface area contributed by atoms with E-state index in [0.29, 0.717) is 4.88 Å². The molecule has 0 spiro atoms. The quantitative estimate of drug-likeness (QED) is 0.528. The van der Waals surface area contributed by atoms with Crippen molar-refractivity contribution in [3.05, 3.63) is 22.4 Å². The second kappa shape index (κ2) is 4.52. The number of thiophene rings is 1. The fourth-order valence-electron chi connectivity index (χ4n) is 0.655. The third-order valence-corrected chi connectivity index (χ3v) is 2.02. The molecule has 1 aromatic rings. The number of ether oxygens (including phenoxy) is 1. The second-order valence-corrected chi connectivity index (χ2v) is 2.97. The molecule has 1 heterocycles. The van der Waals surface area contributed by atoms with E-state index in [-0.39, 0.29) is 19.0 Å². The Morgan fingerprint density at radius 2 is 2.58 bits per heavy atom. The molecule has 0 fully saturated rings. The average molecular weight is 181 g/mol. The van der Waals surface area contributed by atoms with E-state index >= 15 is 0 Å². The maximum atomic E-state index is 11.1. The minimum Gasteiger partial charge on any atom is -0.460 e. The number of hydrogen-bond acceptors (Lipinski definition) is 4. The lowest BCUT2D eigenvalue weighted by Crippen LogP contribution is -2.03. The number of carbonyl (C=O) groups excluding carboxylic acids is 1. The maximum Gasteiger partial charge on any atom is 0.348 e. The predicted octanol–water partition coefficient (Wildman–Crippen LogP) is 1.82. The molecule has 4 heteroatoms. The fourth-order valence-corrected chi connectivity index (χ4v) is 1.27. The number of nitrogens with zero attached hydrogens (tertiary/aromatic N) is 1. The summed E-state index contributed by atoms with van der Waals surface area (Å²) in [5, 5.41) is 9.98. The highest BCUT2D eigenvalue weighted by Crippen LogP contribution is 2.09. The van der Waals surface area contributed by atoms with E-state index in [0.717, 1.165) is 0 Å². The molecular weight excluding hydrogens is 174 g/mol. The molecule has 0 aliphatic carbocycles. The molecule has 0 unspecified atom stereocenters. The molecule has 0 bridgehead atoms. The Bertz CT molecular complexity index is 287. The molecular formula is C8H7NO2S. The normalized spacial score (nSPS) is 8.92. The Balaban J connectivity index is 2.36. The van der Waals surface area contributed by atoms with Gasteiger partial charge in [-0.15, -0.1) is 11.3 Å². The van der Waals surface area contributed by atoms with Crippen LogP contribution in [0.3, 0.4) is 0 Å². The van der Waals surface area contributed by atoms with Crippen LogP contribution in [0, 0.1) is 11.3 Å². The van der Waals surface area contributed by atoms with Crippen LogP contribution >= 0.6 is 11.3 Å². The maximum absolute atomic E-state index is 11.1. The Labute approximate surface area is 74.2 Å². The van der Waals surface area contributed by atoms with Crippen LogP contribution in [0.15, 0.2) is 17.5 Å². The first-order valence-corrected chi connectivity index (χ1v) is 4.30. The highest BCUT2D eigenvalue weighted by Gasteiger charge is 2.06. The third-order valence-electron chi connectivity index (χ3n) is 1.17. The lowest BCUT2D eigenvalue weighted by molar-refractivity contribution is 0.0519. The van der Waals surface area contributed by atoms with Crippen LogP contribution in [0.4, 0.5) is 0 Å². The number of hydrogen-bond donors (Lipinski definition) is 0. The van der Waals surface area contributed by atoms with E-state index in [2.05, 4.69) is 0 Å². The van der Waals surface area contributed by atoms with Crippen molar-refractivity contribution in [1.82, 2.24) is 0 Å². The van der Waals surface area contributed by atoms with E-state index in [4.69, 9.17) is 10.00 Å². The first-order chi connectivity index (χ1) is 5.84. The highest BCUT2D eigenvalue weighted by atomic mass is 32.1. The number of esters is 1. The Morgan fingerprint density at radius 3 is 3.17 bits per heavy atom. The van der Waals surface area contributed by atoms with E-state index in [9.17, 15) is 4.79 Å². The summed E-state index contributed by atoms with van der Waals surface area (Å²) in [5.74, 6) is -0.347. The lowest BCUT2D eigenvalue weighted by atomic mass is 10.5. The summed E-state index contributed by atoms with van der Waals surface area (Å²) in [6.07, 6.45) is 0.247. The van der Waals surface area contributed by atoms with Crippen molar-refractivity contribution < 1.29 is 9.53 Å². The van der Waals surface area contributed by atoms with Crippen molar-refractivity contribution in [2.45, 2.75) is 6.42 Å². The van der Waals surface area contributed by atoms with Gasteiger partial charge in [0.15, 0.2) is 0 Å². The smallest absolute Gasteiger partial charge is 0.348 e. The zero-order chi connectivity index (χ0) is 8.81. The summed E-state index contributed by atoms with van der Waals surface area (Å²) in [6.45, 7) is 0.174. The average Bonchev–Trinajstić information content (AvgIpc) is 2.56. The molecule has 0 aliphatic rings. The van der Waals surface area contributed by atoms with Gasteiger partial charge in [-0.25, -0.2) is 4.79 Å². The van der Waals surface area contributed by atoms with Gasteiger partial charge >= 0.3 is 5.97 Å².